The third-order valence-electron chi connectivity index (χ3n) is 4.76. The first-order valence-corrected chi connectivity index (χ1v) is 9.30. The van der Waals surface area contributed by atoms with E-state index in [2.05, 4.69) is 22.6 Å². The first-order valence-electron chi connectivity index (χ1n) is 8.22. The summed E-state index contributed by atoms with van der Waals surface area (Å²) in [5, 5.41) is 1.93. The molecule has 3 rings (SSSR count). The fourth-order valence-corrected chi connectivity index (χ4v) is 4.07. The van der Waals surface area contributed by atoms with Crippen LogP contribution in [-0.2, 0) is 0 Å². The SMILES string of the molecule is CC(=O)c1ccc2c(I)c(O[C@H]3CC[C@@H](C(F)(F)F)CC3)ccc2c1. The van der Waals surface area contributed by atoms with Crippen molar-refractivity contribution in [2.45, 2.75) is 44.9 Å². The summed E-state index contributed by atoms with van der Waals surface area (Å²) in [4.78, 5) is 11.5. The molecule has 0 N–H and O–H groups in total. The summed E-state index contributed by atoms with van der Waals surface area (Å²) in [5.74, 6) is -0.495. The Labute approximate surface area is 157 Å². The fraction of sp³-hybridized carbons (Fsp3) is 0.421. The van der Waals surface area contributed by atoms with Crippen molar-refractivity contribution in [3.8, 4) is 5.75 Å². The van der Waals surface area contributed by atoms with Crippen molar-refractivity contribution in [2.24, 2.45) is 5.92 Å². The summed E-state index contributed by atoms with van der Waals surface area (Å²) in [7, 11) is 0. The zero-order valence-electron chi connectivity index (χ0n) is 13.7. The van der Waals surface area contributed by atoms with E-state index in [4.69, 9.17) is 4.74 Å². The Balaban J connectivity index is 1.75. The van der Waals surface area contributed by atoms with E-state index < -0.39 is 12.1 Å². The van der Waals surface area contributed by atoms with Crippen molar-refractivity contribution in [3.63, 3.8) is 0 Å². The normalized spacial score (nSPS) is 21.3. The third kappa shape index (κ3) is 4.10. The lowest BCUT2D eigenvalue weighted by molar-refractivity contribution is -0.185. The number of ketones is 1. The minimum Gasteiger partial charge on any atom is -0.489 e. The van der Waals surface area contributed by atoms with Crippen molar-refractivity contribution < 1.29 is 22.7 Å². The number of hydrogen-bond acceptors (Lipinski definition) is 2. The highest BCUT2D eigenvalue weighted by atomic mass is 127. The van der Waals surface area contributed by atoms with Gasteiger partial charge >= 0.3 is 6.18 Å². The Morgan fingerprint density at radius 1 is 1.12 bits per heavy atom. The van der Waals surface area contributed by atoms with Crippen LogP contribution >= 0.6 is 22.6 Å². The third-order valence-corrected chi connectivity index (χ3v) is 5.87. The van der Waals surface area contributed by atoms with Crippen LogP contribution in [0.5, 0.6) is 5.75 Å². The van der Waals surface area contributed by atoms with E-state index in [0.717, 1.165) is 14.3 Å². The van der Waals surface area contributed by atoms with Crippen LogP contribution < -0.4 is 4.74 Å². The van der Waals surface area contributed by atoms with Gasteiger partial charge in [0.1, 0.15) is 5.75 Å². The second-order valence-corrected chi connectivity index (χ2v) is 7.58. The number of ether oxygens (including phenoxy) is 1. The lowest BCUT2D eigenvalue weighted by Crippen LogP contribution is -2.32. The van der Waals surface area contributed by atoms with Crippen LogP contribution in [0.2, 0.25) is 0 Å². The molecule has 25 heavy (non-hydrogen) atoms. The van der Waals surface area contributed by atoms with Gasteiger partial charge in [-0.2, -0.15) is 13.2 Å². The topological polar surface area (TPSA) is 26.3 Å². The van der Waals surface area contributed by atoms with Crippen LogP contribution in [0.15, 0.2) is 30.3 Å². The summed E-state index contributed by atoms with van der Waals surface area (Å²) < 4.78 is 45.2. The number of carbonyl (C=O) groups excluding carboxylic acids is 1. The molecular formula is C19H18F3IO2. The van der Waals surface area contributed by atoms with Crippen molar-refractivity contribution in [3.05, 3.63) is 39.5 Å². The van der Waals surface area contributed by atoms with E-state index in [-0.39, 0.29) is 24.7 Å². The van der Waals surface area contributed by atoms with Gasteiger partial charge in [-0.15, -0.1) is 0 Å². The van der Waals surface area contributed by atoms with Gasteiger partial charge in [0.25, 0.3) is 0 Å². The van der Waals surface area contributed by atoms with Gasteiger partial charge in [0, 0.05) is 5.56 Å². The maximum Gasteiger partial charge on any atom is 0.391 e. The van der Waals surface area contributed by atoms with Crippen LogP contribution in [0.3, 0.4) is 0 Å². The molecule has 0 unspecified atom stereocenters. The van der Waals surface area contributed by atoms with E-state index >= 15 is 0 Å². The van der Waals surface area contributed by atoms with Crippen molar-refractivity contribution in [2.75, 3.05) is 0 Å². The van der Waals surface area contributed by atoms with Crippen LogP contribution in [0, 0.1) is 9.49 Å². The maximum absolute atomic E-state index is 12.8. The van der Waals surface area contributed by atoms with Gasteiger partial charge in [0.2, 0.25) is 0 Å². The molecule has 0 aliphatic heterocycles. The zero-order chi connectivity index (χ0) is 18.2. The second-order valence-electron chi connectivity index (χ2n) is 6.50. The molecule has 2 nitrogen and oxygen atoms in total. The standard InChI is InChI=1S/C19H18F3IO2/c1-11(24)12-2-8-16-13(10-12)3-9-17(18(16)23)25-15-6-4-14(5-7-15)19(20,21)22/h2-3,8-10,14-15H,4-7H2,1H3/t14-,15+. The van der Waals surface area contributed by atoms with E-state index in [1.807, 2.05) is 24.3 Å². The first-order chi connectivity index (χ1) is 11.8. The number of Topliss-reactive ketones (excluding diaryl/α,β-unsaturated/α-hetero) is 1. The lowest BCUT2D eigenvalue weighted by Gasteiger charge is -2.30. The van der Waals surface area contributed by atoms with Crippen molar-refractivity contribution in [1.82, 2.24) is 0 Å². The van der Waals surface area contributed by atoms with Crippen LogP contribution in [0.1, 0.15) is 43.0 Å². The number of benzene rings is 2. The molecule has 0 amide bonds. The summed E-state index contributed by atoms with van der Waals surface area (Å²) >= 11 is 2.19. The van der Waals surface area contributed by atoms with Gasteiger partial charge in [-0.25, -0.2) is 0 Å². The molecule has 1 fully saturated rings. The maximum atomic E-state index is 12.8. The van der Waals surface area contributed by atoms with Crippen molar-refractivity contribution >= 4 is 39.1 Å². The van der Waals surface area contributed by atoms with E-state index in [9.17, 15) is 18.0 Å². The number of fused-ring (bicyclic) bond motifs is 1. The van der Waals surface area contributed by atoms with Gasteiger partial charge in [0.15, 0.2) is 5.78 Å². The van der Waals surface area contributed by atoms with E-state index in [1.54, 1.807) is 6.07 Å². The Morgan fingerprint density at radius 3 is 2.40 bits per heavy atom. The molecular weight excluding hydrogens is 444 g/mol. The predicted molar refractivity (Wildman–Crippen MR) is 99.1 cm³/mol. The average molecular weight is 462 g/mol. The molecule has 0 spiro atoms. The number of rotatable bonds is 3. The molecule has 0 bridgehead atoms. The highest BCUT2D eigenvalue weighted by Gasteiger charge is 2.41. The molecule has 1 saturated carbocycles. The van der Waals surface area contributed by atoms with Gasteiger partial charge in [-0.05, 0) is 78.1 Å². The van der Waals surface area contributed by atoms with E-state index in [0.29, 0.717) is 24.2 Å². The summed E-state index contributed by atoms with van der Waals surface area (Å²) in [5.41, 5.74) is 0.655. The Bertz CT molecular complexity index is 793. The Kier molecular flexibility index (Phi) is 5.27. The summed E-state index contributed by atoms with van der Waals surface area (Å²) in [6.07, 6.45) is -3.19. The molecule has 0 saturated heterocycles. The summed E-state index contributed by atoms with van der Waals surface area (Å²) in [6, 6.07) is 9.25. The molecule has 0 heterocycles. The minimum atomic E-state index is -4.10. The number of carbonyl (C=O) groups is 1. The summed E-state index contributed by atoms with van der Waals surface area (Å²) in [6.45, 7) is 1.53. The van der Waals surface area contributed by atoms with Crippen LogP contribution in [0.25, 0.3) is 10.8 Å². The highest BCUT2D eigenvalue weighted by Crippen LogP contribution is 2.39. The highest BCUT2D eigenvalue weighted by molar-refractivity contribution is 14.1. The predicted octanol–water partition coefficient (Wildman–Crippen LogP) is 6.15. The first kappa shape index (κ1) is 18.5. The largest absolute Gasteiger partial charge is 0.489 e. The fourth-order valence-electron chi connectivity index (χ4n) is 3.27. The average Bonchev–Trinajstić information content (AvgIpc) is 2.56. The number of hydrogen-bond donors (Lipinski definition) is 0. The van der Waals surface area contributed by atoms with Gasteiger partial charge < -0.3 is 4.74 Å². The Hall–Kier alpha value is -1.31. The molecule has 2 aromatic carbocycles. The molecule has 0 radical (unpaired) electrons. The van der Waals surface area contributed by atoms with Crippen LogP contribution in [0.4, 0.5) is 13.2 Å². The van der Waals surface area contributed by atoms with Gasteiger partial charge in [-0.3, -0.25) is 4.79 Å². The van der Waals surface area contributed by atoms with Gasteiger partial charge in [-0.1, -0.05) is 18.2 Å². The zero-order valence-corrected chi connectivity index (χ0v) is 15.9. The molecule has 0 aromatic heterocycles. The van der Waals surface area contributed by atoms with Crippen molar-refractivity contribution in [1.29, 1.82) is 0 Å². The molecule has 6 heteroatoms. The quantitative estimate of drug-likeness (QED) is 0.404. The Morgan fingerprint density at radius 2 is 1.80 bits per heavy atom. The molecule has 1 aliphatic rings. The minimum absolute atomic E-state index is 0.0126. The lowest BCUT2D eigenvalue weighted by atomic mass is 9.87. The second kappa shape index (κ2) is 7.13. The molecule has 1 aliphatic carbocycles. The van der Waals surface area contributed by atoms with E-state index in [1.165, 1.54) is 6.92 Å². The monoisotopic (exact) mass is 462 g/mol. The van der Waals surface area contributed by atoms with Crippen LogP contribution in [-0.4, -0.2) is 18.1 Å². The van der Waals surface area contributed by atoms with Gasteiger partial charge in [0.05, 0.1) is 15.6 Å². The molecule has 134 valence electrons. The molecule has 0 atom stereocenters. The molecule has 2 aromatic rings. The smallest absolute Gasteiger partial charge is 0.391 e. The number of halogens is 4. The number of alkyl halides is 3.